The van der Waals surface area contributed by atoms with Gasteiger partial charge in [-0.1, -0.05) is 0 Å². The second-order valence-electron chi connectivity index (χ2n) is 4.00. The molecule has 0 aromatic carbocycles. The van der Waals surface area contributed by atoms with Gasteiger partial charge in [0.25, 0.3) is 0 Å². The van der Waals surface area contributed by atoms with Crippen LogP contribution in [0.1, 0.15) is 12.8 Å². The summed E-state index contributed by atoms with van der Waals surface area (Å²) in [6.07, 6.45) is 2.18. The lowest BCUT2D eigenvalue weighted by Gasteiger charge is -2.21. The number of hydrogen-bond acceptors (Lipinski definition) is 2. The van der Waals surface area contributed by atoms with Crippen LogP contribution in [0.3, 0.4) is 0 Å². The summed E-state index contributed by atoms with van der Waals surface area (Å²) in [5.74, 6) is 0.169. The fourth-order valence-electron chi connectivity index (χ4n) is 2.20. The summed E-state index contributed by atoms with van der Waals surface area (Å²) in [5, 5.41) is 0. The highest BCUT2D eigenvalue weighted by Crippen LogP contribution is 2.38. The zero-order valence-electron chi connectivity index (χ0n) is 7.59. The summed E-state index contributed by atoms with van der Waals surface area (Å²) in [4.78, 5) is 13.2. The molecule has 0 N–H and O–H groups in total. The van der Waals surface area contributed by atoms with Crippen molar-refractivity contribution in [3.63, 3.8) is 0 Å². The summed E-state index contributed by atoms with van der Waals surface area (Å²) >= 11 is 5.50. The molecular formula is C9H14ClNO2. The van der Waals surface area contributed by atoms with E-state index in [9.17, 15) is 4.79 Å². The third kappa shape index (κ3) is 1.67. The SMILES string of the molecule is O=C(CCl)N1CC[C@@]2(CCOC2)C1. The highest BCUT2D eigenvalue weighted by molar-refractivity contribution is 6.27. The first-order valence-electron chi connectivity index (χ1n) is 4.67. The lowest BCUT2D eigenvalue weighted by molar-refractivity contribution is -0.127. The highest BCUT2D eigenvalue weighted by atomic mass is 35.5. The second kappa shape index (κ2) is 3.46. The van der Waals surface area contributed by atoms with Crippen molar-refractivity contribution in [1.82, 2.24) is 4.90 Å². The molecule has 0 aromatic rings. The van der Waals surface area contributed by atoms with Gasteiger partial charge in [0.1, 0.15) is 5.88 Å². The summed E-state index contributed by atoms with van der Waals surface area (Å²) in [7, 11) is 0. The van der Waals surface area contributed by atoms with Crippen molar-refractivity contribution in [1.29, 1.82) is 0 Å². The van der Waals surface area contributed by atoms with Gasteiger partial charge in [-0.3, -0.25) is 4.79 Å². The first-order chi connectivity index (χ1) is 6.26. The maximum absolute atomic E-state index is 11.3. The molecular weight excluding hydrogens is 190 g/mol. The molecule has 0 aromatic heterocycles. The van der Waals surface area contributed by atoms with Gasteiger partial charge in [-0.05, 0) is 12.8 Å². The van der Waals surface area contributed by atoms with E-state index in [2.05, 4.69) is 0 Å². The van der Waals surface area contributed by atoms with Gasteiger partial charge in [0.2, 0.25) is 5.91 Å². The molecule has 4 heteroatoms. The molecule has 0 aliphatic carbocycles. The minimum atomic E-state index is 0.0606. The maximum Gasteiger partial charge on any atom is 0.237 e. The van der Waals surface area contributed by atoms with Gasteiger partial charge in [-0.2, -0.15) is 0 Å². The average molecular weight is 204 g/mol. The van der Waals surface area contributed by atoms with Gasteiger partial charge in [0.05, 0.1) is 6.61 Å². The molecule has 0 unspecified atom stereocenters. The molecule has 2 heterocycles. The first-order valence-corrected chi connectivity index (χ1v) is 5.21. The molecule has 2 aliphatic heterocycles. The third-order valence-corrected chi connectivity index (χ3v) is 3.32. The van der Waals surface area contributed by atoms with Crippen LogP contribution in [-0.4, -0.2) is 43.0 Å². The number of amides is 1. The molecule has 0 radical (unpaired) electrons. The van der Waals surface area contributed by atoms with Gasteiger partial charge in [-0.15, -0.1) is 11.6 Å². The van der Waals surface area contributed by atoms with Crippen LogP contribution in [0.2, 0.25) is 0 Å². The first kappa shape index (κ1) is 9.28. The number of hydrogen-bond donors (Lipinski definition) is 0. The smallest absolute Gasteiger partial charge is 0.237 e. The number of alkyl halides is 1. The van der Waals surface area contributed by atoms with Crippen molar-refractivity contribution in [2.24, 2.45) is 5.41 Å². The lowest BCUT2D eigenvalue weighted by Crippen LogP contribution is -2.33. The van der Waals surface area contributed by atoms with E-state index in [1.54, 1.807) is 0 Å². The van der Waals surface area contributed by atoms with Crippen molar-refractivity contribution in [2.75, 3.05) is 32.2 Å². The van der Waals surface area contributed by atoms with Crippen molar-refractivity contribution >= 4 is 17.5 Å². The topological polar surface area (TPSA) is 29.5 Å². The Morgan fingerprint density at radius 3 is 3.00 bits per heavy atom. The van der Waals surface area contributed by atoms with Crippen LogP contribution in [-0.2, 0) is 9.53 Å². The minimum Gasteiger partial charge on any atom is -0.381 e. The van der Waals surface area contributed by atoms with Crippen LogP contribution >= 0.6 is 11.6 Å². The second-order valence-corrected chi connectivity index (χ2v) is 4.27. The Morgan fingerprint density at radius 2 is 2.38 bits per heavy atom. The van der Waals surface area contributed by atoms with Crippen molar-refractivity contribution in [2.45, 2.75) is 12.8 Å². The van der Waals surface area contributed by atoms with E-state index in [0.29, 0.717) is 0 Å². The minimum absolute atomic E-state index is 0.0606. The van der Waals surface area contributed by atoms with Crippen LogP contribution in [0.15, 0.2) is 0 Å². The number of carbonyl (C=O) groups is 1. The van der Waals surface area contributed by atoms with E-state index in [-0.39, 0.29) is 17.2 Å². The van der Waals surface area contributed by atoms with Gasteiger partial charge in [-0.25, -0.2) is 0 Å². The quantitative estimate of drug-likeness (QED) is 0.592. The summed E-state index contributed by atoms with van der Waals surface area (Å²) < 4.78 is 5.37. The van der Waals surface area contributed by atoms with Crippen LogP contribution in [0.25, 0.3) is 0 Å². The van der Waals surface area contributed by atoms with Crippen molar-refractivity contribution in [3.05, 3.63) is 0 Å². The molecule has 0 saturated carbocycles. The van der Waals surface area contributed by atoms with E-state index in [1.807, 2.05) is 4.90 Å². The number of nitrogens with zero attached hydrogens (tertiary/aromatic N) is 1. The monoisotopic (exact) mass is 203 g/mol. The largest absolute Gasteiger partial charge is 0.381 e. The molecule has 2 fully saturated rings. The Hall–Kier alpha value is -0.280. The standard InChI is InChI=1S/C9H14ClNO2/c10-5-8(12)11-3-1-9(6-11)2-4-13-7-9/h1-7H2/t9-/m1/s1. The van der Waals surface area contributed by atoms with Crippen LogP contribution in [0.5, 0.6) is 0 Å². The molecule has 74 valence electrons. The Kier molecular flexibility index (Phi) is 2.47. The van der Waals surface area contributed by atoms with Gasteiger partial charge < -0.3 is 9.64 Å². The summed E-state index contributed by atoms with van der Waals surface area (Å²) in [5.41, 5.74) is 0.266. The maximum atomic E-state index is 11.3. The van der Waals surface area contributed by atoms with Gasteiger partial charge in [0.15, 0.2) is 0 Å². The van der Waals surface area contributed by atoms with Crippen LogP contribution in [0.4, 0.5) is 0 Å². The zero-order chi connectivity index (χ0) is 9.31. The Labute approximate surface area is 83.0 Å². The molecule has 1 spiro atoms. The normalized spacial score (nSPS) is 33.2. The molecule has 13 heavy (non-hydrogen) atoms. The van der Waals surface area contributed by atoms with Gasteiger partial charge >= 0.3 is 0 Å². The molecule has 3 nitrogen and oxygen atoms in total. The number of ether oxygens (including phenoxy) is 1. The number of carbonyl (C=O) groups excluding carboxylic acids is 1. The number of likely N-dealkylation sites (tertiary alicyclic amines) is 1. The zero-order valence-corrected chi connectivity index (χ0v) is 8.35. The molecule has 1 atom stereocenters. The molecule has 2 saturated heterocycles. The molecule has 0 bridgehead atoms. The van der Waals surface area contributed by atoms with E-state index in [4.69, 9.17) is 16.3 Å². The lowest BCUT2D eigenvalue weighted by atomic mass is 9.87. The Balaban J connectivity index is 1.96. The summed E-state index contributed by atoms with van der Waals surface area (Å²) in [6.45, 7) is 3.37. The third-order valence-electron chi connectivity index (χ3n) is 3.09. The molecule has 1 amide bonds. The van der Waals surface area contributed by atoms with Crippen molar-refractivity contribution in [3.8, 4) is 0 Å². The predicted octanol–water partition coefficient (Wildman–Crippen LogP) is 0.864. The van der Waals surface area contributed by atoms with E-state index in [1.165, 1.54) is 0 Å². The average Bonchev–Trinajstić information content (AvgIpc) is 2.76. The predicted molar refractivity (Wildman–Crippen MR) is 49.8 cm³/mol. The fraction of sp³-hybridized carbons (Fsp3) is 0.889. The summed E-state index contributed by atoms with van der Waals surface area (Å²) in [6, 6.07) is 0. The van der Waals surface area contributed by atoms with E-state index in [0.717, 1.165) is 39.1 Å². The molecule has 2 rings (SSSR count). The number of rotatable bonds is 1. The number of halogens is 1. The van der Waals surface area contributed by atoms with Crippen LogP contribution < -0.4 is 0 Å². The fourth-order valence-corrected chi connectivity index (χ4v) is 2.37. The Morgan fingerprint density at radius 1 is 1.54 bits per heavy atom. The highest BCUT2D eigenvalue weighted by Gasteiger charge is 2.42. The molecule has 2 aliphatic rings. The van der Waals surface area contributed by atoms with Crippen molar-refractivity contribution < 1.29 is 9.53 Å². The van der Waals surface area contributed by atoms with E-state index < -0.39 is 0 Å². The Bertz CT molecular complexity index is 214. The van der Waals surface area contributed by atoms with Gasteiger partial charge in [0, 0.05) is 25.1 Å². The van der Waals surface area contributed by atoms with E-state index >= 15 is 0 Å². The van der Waals surface area contributed by atoms with Crippen LogP contribution in [0, 0.1) is 5.41 Å².